The number of fused-ring (bicyclic) bond motifs is 7. The molecule has 3 heterocycles. The molecule has 0 aromatic rings. The molecule has 8 aliphatic rings. The summed E-state index contributed by atoms with van der Waals surface area (Å²) in [5.74, 6) is -1.73. The third kappa shape index (κ3) is 7.83. The summed E-state index contributed by atoms with van der Waals surface area (Å²) in [6, 6.07) is 0. The Balaban J connectivity index is 1.03. The average Bonchev–Trinajstić information content (AvgIpc) is 3.25. The minimum atomic E-state index is -1.84. The molecule has 4 saturated carbocycles. The molecule has 8 rings (SSSR count). The van der Waals surface area contributed by atoms with Crippen LogP contribution in [0.1, 0.15) is 113 Å². The van der Waals surface area contributed by atoms with Crippen molar-refractivity contribution in [2.75, 3.05) is 20.3 Å². The number of carbonyl (C=O) groups is 2. The quantitative estimate of drug-likeness (QED) is 0.0900. The van der Waals surface area contributed by atoms with Crippen LogP contribution in [0.3, 0.4) is 0 Å². The van der Waals surface area contributed by atoms with Gasteiger partial charge in [-0.05, 0) is 109 Å². The number of ether oxygens (including phenoxy) is 7. The summed E-state index contributed by atoms with van der Waals surface area (Å²) < 4.78 is 41.0. The van der Waals surface area contributed by atoms with Gasteiger partial charge in [0.2, 0.25) is 6.29 Å². The van der Waals surface area contributed by atoms with E-state index >= 15 is 0 Å². The van der Waals surface area contributed by atoms with Crippen LogP contribution in [0.4, 0.5) is 0 Å². The maximum atomic E-state index is 14.7. The molecule has 22 atom stereocenters. The summed E-state index contributed by atoms with van der Waals surface area (Å²) in [5.41, 5.74) is -0.778. The number of aliphatic carboxylic acids is 1. The minimum absolute atomic E-state index is 0.0626. The van der Waals surface area contributed by atoms with Crippen molar-refractivity contribution in [3.8, 4) is 0 Å². The van der Waals surface area contributed by atoms with Gasteiger partial charge >= 0.3 is 11.9 Å². The SMILES string of the molecule is COC1C(OC2C(O)C(OC3CCC4(C)C(CCC5(C)C4CC=C4C6CC(C)(C)CCC6(C(=O)OC6OC(CO)C(O)C(O)C6O)CCC45C)C3(C)C)OC(C(=O)O)C2O)OCC(O)C1O. The Hall–Kier alpha value is -1.88. The molecule has 3 saturated heterocycles. The van der Waals surface area contributed by atoms with Crippen LogP contribution in [-0.4, -0.2) is 170 Å². The van der Waals surface area contributed by atoms with E-state index in [2.05, 4.69) is 54.5 Å². The van der Waals surface area contributed by atoms with Crippen molar-refractivity contribution in [2.45, 2.75) is 205 Å². The molecule has 18 heteroatoms. The molecule has 0 radical (unpaired) electrons. The summed E-state index contributed by atoms with van der Waals surface area (Å²) in [5, 5.41) is 95.2. The summed E-state index contributed by atoms with van der Waals surface area (Å²) in [7, 11) is 1.28. The molecular weight excluding hydrogens is 865 g/mol. The Morgan fingerprint density at radius 3 is 2.09 bits per heavy atom. The maximum Gasteiger partial charge on any atom is 0.335 e. The van der Waals surface area contributed by atoms with Crippen molar-refractivity contribution in [3.63, 3.8) is 0 Å². The zero-order chi connectivity index (χ0) is 48.3. The number of carbonyl (C=O) groups excluding carboxylic acids is 1. The van der Waals surface area contributed by atoms with Crippen LogP contribution in [0.2, 0.25) is 0 Å². The molecule has 7 fully saturated rings. The number of aliphatic hydroxyl groups excluding tert-OH is 8. The van der Waals surface area contributed by atoms with Crippen molar-refractivity contribution < 1.29 is 88.7 Å². The van der Waals surface area contributed by atoms with Crippen LogP contribution in [0, 0.1) is 50.2 Å². The molecule has 0 amide bonds. The Labute approximate surface area is 386 Å². The highest BCUT2D eigenvalue weighted by Gasteiger charge is 2.70. The second-order valence-corrected chi connectivity index (χ2v) is 23.3. The average molecular weight is 941 g/mol. The third-order valence-electron chi connectivity index (χ3n) is 19.1. The molecule has 0 aromatic carbocycles. The molecule has 22 unspecified atom stereocenters. The zero-order valence-electron chi connectivity index (χ0n) is 39.7. The Kier molecular flexibility index (Phi) is 13.6. The molecular formula is C48H76O18. The standard InChI is InChI=1S/C48H76O18/c1-43(2)15-17-48(42(59)66-39-32(54)31(53)30(52)25(20-49)62-39)18-16-46(6)22(23(48)19-43)9-10-27-45(5)13-12-28(44(3,4)26(45)11-14-47(27,46)7)63-40-34(56)35(33(55)36(65-40)38(57)58)64-41-37(60-8)29(51)24(50)21-61-41/h9,23-37,39-41,49-56H,10-21H2,1-8H3,(H,57,58). The van der Waals surface area contributed by atoms with Crippen LogP contribution < -0.4 is 0 Å². The largest absolute Gasteiger partial charge is 0.479 e. The molecule has 0 bridgehead atoms. The predicted octanol–water partition coefficient (Wildman–Crippen LogP) is 1.53. The van der Waals surface area contributed by atoms with Gasteiger partial charge in [-0.3, -0.25) is 4.79 Å². The topological polar surface area (TPSA) is 281 Å². The first kappa shape index (κ1) is 50.5. The molecule has 0 aromatic heterocycles. The van der Waals surface area contributed by atoms with Gasteiger partial charge in [-0.2, -0.15) is 0 Å². The zero-order valence-corrected chi connectivity index (χ0v) is 39.7. The fourth-order valence-electron chi connectivity index (χ4n) is 15.0. The summed E-state index contributed by atoms with van der Waals surface area (Å²) in [6.45, 7) is 15.1. The Morgan fingerprint density at radius 1 is 0.727 bits per heavy atom. The van der Waals surface area contributed by atoms with Crippen molar-refractivity contribution >= 4 is 11.9 Å². The number of hydrogen-bond donors (Lipinski definition) is 9. The summed E-state index contributed by atoms with van der Waals surface area (Å²) >= 11 is 0. The van der Waals surface area contributed by atoms with Gasteiger partial charge in [-0.25, -0.2) is 4.79 Å². The second kappa shape index (κ2) is 17.8. The molecule has 3 aliphatic heterocycles. The monoisotopic (exact) mass is 941 g/mol. The highest BCUT2D eigenvalue weighted by atomic mass is 16.7. The van der Waals surface area contributed by atoms with E-state index in [-0.39, 0.29) is 46.0 Å². The smallest absolute Gasteiger partial charge is 0.335 e. The van der Waals surface area contributed by atoms with E-state index < -0.39 is 121 Å². The second-order valence-electron chi connectivity index (χ2n) is 23.3. The fraction of sp³-hybridized carbons (Fsp3) is 0.917. The number of esters is 1. The molecule has 9 N–H and O–H groups in total. The third-order valence-corrected chi connectivity index (χ3v) is 19.1. The van der Waals surface area contributed by atoms with Gasteiger partial charge in [0.25, 0.3) is 0 Å². The van der Waals surface area contributed by atoms with Crippen molar-refractivity contribution in [2.24, 2.45) is 50.2 Å². The van der Waals surface area contributed by atoms with E-state index in [1.807, 2.05) is 0 Å². The van der Waals surface area contributed by atoms with E-state index in [9.17, 15) is 55.5 Å². The van der Waals surface area contributed by atoms with Gasteiger partial charge in [0.15, 0.2) is 18.7 Å². The van der Waals surface area contributed by atoms with Gasteiger partial charge in [0.1, 0.15) is 61.0 Å². The Morgan fingerprint density at radius 2 is 1.42 bits per heavy atom. The normalized spacial score (nSPS) is 52.1. The number of allylic oxidation sites excluding steroid dienone is 2. The van der Waals surface area contributed by atoms with Crippen LogP contribution in [0.25, 0.3) is 0 Å². The number of hydrogen-bond acceptors (Lipinski definition) is 17. The highest BCUT2D eigenvalue weighted by Crippen LogP contribution is 2.76. The first-order chi connectivity index (χ1) is 30.8. The van der Waals surface area contributed by atoms with Crippen LogP contribution in [0.5, 0.6) is 0 Å². The van der Waals surface area contributed by atoms with E-state index in [0.717, 1.165) is 44.9 Å². The van der Waals surface area contributed by atoms with Gasteiger partial charge < -0.3 is 79.1 Å². The van der Waals surface area contributed by atoms with Gasteiger partial charge in [-0.1, -0.05) is 60.1 Å². The van der Waals surface area contributed by atoms with E-state index in [1.54, 1.807) is 0 Å². The summed E-state index contributed by atoms with van der Waals surface area (Å²) in [6.07, 6.45) is -12.1. The van der Waals surface area contributed by atoms with Crippen molar-refractivity contribution in [1.82, 2.24) is 0 Å². The van der Waals surface area contributed by atoms with Gasteiger partial charge in [0.05, 0.1) is 24.7 Å². The summed E-state index contributed by atoms with van der Waals surface area (Å²) in [4.78, 5) is 27.1. The van der Waals surface area contributed by atoms with E-state index in [0.29, 0.717) is 19.3 Å². The molecule has 18 nitrogen and oxygen atoms in total. The first-order valence-electron chi connectivity index (χ1n) is 24.1. The van der Waals surface area contributed by atoms with Crippen LogP contribution >= 0.6 is 0 Å². The number of aliphatic hydroxyl groups is 8. The molecule has 376 valence electrons. The predicted molar refractivity (Wildman–Crippen MR) is 230 cm³/mol. The molecule has 0 spiro atoms. The van der Waals surface area contributed by atoms with Gasteiger partial charge in [0, 0.05) is 7.11 Å². The first-order valence-corrected chi connectivity index (χ1v) is 24.1. The van der Waals surface area contributed by atoms with Crippen molar-refractivity contribution in [1.29, 1.82) is 0 Å². The number of methoxy groups -OCH3 is 1. The van der Waals surface area contributed by atoms with E-state index in [4.69, 9.17) is 33.2 Å². The van der Waals surface area contributed by atoms with Crippen LogP contribution in [-0.2, 0) is 42.7 Å². The molecule has 66 heavy (non-hydrogen) atoms. The molecule has 5 aliphatic carbocycles. The number of rotatable bonds is 9. The highest BCUT2D eigenvalue weighted by molar-refractivity contribution is 5.79. The van der Waals surface area contributed by atoms with Crippen molar-refractivity contribution in [3.05, 3.63) is 11.6 Å². The lowest BCUT2D eigenvalue weighted by molar-refractivity contribution is -0.358. The van der Waals surface area contributed by atoms with E-state index in [1.165, 1.54) is 12.7 Å². The fourth-order valence-corrected chi connectivity index (χ4v) is 15.0. The Bertz CT molecular complexity index is 1840. The number of carboxylic acids is 1. The lowest BCUT2D eigenvalue weighted by atomic mass is 9.33. The van der Waals surface area contributed by atoms with Crippen LogP contribution in [0.15, 0.2) is 11.6 Å². The minimum Gasteiger partial charge on any atom is -0.479 e. The lowest BCUT2D eigenvalue weighted by Crippen LogP contribution is -2.67. The maximum absolute atomic E-state index is 14.7. The van der Waals surface area contributed by atoms with Gasteiger partial charge in [-0.15, -0.1) is 0 Å². The lowest BCUT2D eigenvalue weighted by Gasteiger charge is -2.71. The number of carboxylic acid groups (broad SMARTS) is 1.